The molecule has 3 N–H and O–H groups in total. The van der Waals surface area contributed by atoms with Gasteiger partial charge in [-0.2, -0.15) is 0 Å². The lowest BCUT2D eigenvalue weighted by Gasteiger charge is -2.27. The number of benzene rings is 1. The van der Waals surface area contributed by atoms with E-state index in [4.69, 9.17) is 10.2 Å². The molecule has 0 bridgehead atoms. The van der Waals surface area contributed by atoms with Crippen molar-refractivity contribution in [3.63, 3.8) is 0 Å². The van der Waals surface area contributed by atoms with Crippen molar-refractivity contribution in [1.82, 2.24) is 10.2 Å². The summed E-state index contributed by atoms with van der Waals surface area (Å²) >= 11 is 0. The molecule has 3 amide bonds. The molecule has 1 saturated heterocycles. The Bertz CT molecular complexity index is 575. The second kappa shape index (κ2) is 6.93. The van der Waals surface area contributed by atoms with E-state index < -0.39 is 24.7 Å². The van der Waals surface area contributed by atoms with Crippen molar-refractivity contribution in [2.75, 3.05) is 37.7 Å². The van der Waals surface area contributed by atoms with Crippen molar-refractivity contribution in [2.24, 2.45) is 0 Å². The monoisotopic (exact) mass is 325 g/mol. The molecular formula is C15H20FN3O4. The zero-order valence-corrected chi connectivity index (χ0v) is 12.8. The highest BCUT2D eigenvalue weighted by Gasteiger charge is 2.32. The van der Waals surface area contributed by atoms with E-state index in [-0.39, 0.29) is 18.4 Å². The first kappa shape index (κ1) is 17.2. The lowest BCUT2D eigenvalue weighted by Crippen LogP contribution is -2.54. The average molecular weight is 325 g/mol. The van der Waals surface area contributed by atoms with Crippen LogP contribution in [0.1, 0.15) is 6.92 Å². The van der Waals surface area contributed by atoms with Crippen molar-refractivity contribution in [3.05, 3.63) is 30.1 Å². The third-order valence-electron chi connectivity index (χ3n) is 3.71. The lowest BCUT2D eigenvalue weighted by molar-refractivity contribution is -0.124. The van der Waals surface area contributed by atoms with E-state index in [9.17, 15) is 14.0 Å². The number of halogens is 1. The number of carbonyl (C=O) groups is 2. The number of aliphatic hydroxyl groups is 2. The highest BCUT2D eigenvalue weighted by molar-refractivity contribution is 5.96. The number of carbonyl (C=O) groups excluding carboxylic acids is 2. The highest BCUT2D eigenvalue weighted by atomic mass is 19.1. The van der Waals surface area contributed by atoms with Crippen LogP contribution in [-0.4, -0.2) is 65.4 Å². The summed E-state index contributed by atoms with van der Waals surface area (Å²) in [6.45, 7) is 1.26. The molecule has 8 heteroatoms. The van der Waals surface area contributed by atoms with Gasteiger partial charge in [-0.3, -0.25) is 9.69 Å². The van der Waals surface area contributed by atoms with Gasteiger partial charge in [0.2, 0.25) is 5.91 Å². The van der Waals surface area contributed by atoms with Gasteiger partial charge in [0.25, 0.3) is 0 Å². The first-order chi connectivity index (χ1) is 10.9. The molecule has 2 rings (SSSR count). The zero-order valence-electron chi connectivity index (χ0n) is 12.8. The Morgan fingerprint density at radius 1 is 1.26 bits per heavy atom. The molecule has 1 aromatic rings. The van der Waals surface area contributed by atoms with E-state index in [0.29, 0.717) is 18.8 Å². The lowest BCUT2D eigenvalue weighted by atomic mass is 10.1. The Hall–Kier alpha value is -2.19. The fraction of sp³-hybridized carbons (Fsp3) is 0.467. The van der Waals surface area contributed by atoms with Gasteiger partial charge in [0.15, 0.2) is 0 Å². The highest BCUT2D eigenvalue weighted by Crippen LogP contribution is 2.20. The summed E-state index contributed by atoms with van der Waals surface area (Å²) in [4.78, 5) is 27.1. The molecule has 0 saturated carbocycles. The number of anilines is 1. The van der Waals surface area contributed by atoms with Crippen molar-refractivity contribution in [3.8, 4) is 0 Å². The van der Waals surface area contributed by atoms with Crippen LogP contribution < -0.4 is 10.2 Å². The summed E-state index contributed by atoms with van der Waals surface area (Å²) in [5.41, 5.74) is -0.564. The molecule has 0 radical (unpaired) electrons. The smallest absolute Gasteiger partial charge is 0.325 e. The number of urea groups is 1. The maximum Gasteiger partial charge on any atom is 0.325 e. The Morgan fingerprint density at radius 2 is 1.87 bits per heavy atom. The van der Waals surface area contributed by atoms with Gasteiger partial charge in [-0.05, 0) is 31.2 Å². The van der Waals surface area contributed by atoms with Gasteiger partial charge in [-0.1, -0.05) is 0 Å². The zero-order chi connectivity index (χ0) is 17.0. The molecule has 0 atom stereocenters. The average Bonchev–Trinajstić information content (AvgIpc) is 2.89. The van der Waals surface area contributed by atoms with Crippen LogP contribution in [0.15, 0.2) is 24.3 Å². The molecule has 0 spiro atoms. The second-order valence-electron chi connectivity index (χ2n) is 5.76. The quantitative estimate of drug-likeness (QED) is 0.682. The number of hydrogen-bond donors (Lipinski definition) is 3. The largest absolute Gasteiger partial charge is 0.394 e. The number of nitrogens with zero attached hydrogens (tertiary/aromatic N) is 2. The molecule has 23 heavy (non-hydrogen) atoms. The number of nitrogens with one attached hydrogen (secondary N) is 1. The Morgan fingerprint density at radius 3 is 2.43 bits per heavy atom. The molecule has 1 aromatic carbocycles. The minimum Gasteiger partial charge on any atom is -0.394 e. The number of hydrogen-bond acceptors (Lipinski definition) is 4. The minimum absolute atomic E-state index is 0.174. The molecule has 1 fully saturated rings. The molecule has 1 aliphatic rings. The van der Waals surface area contributed by atoms with Gasteiger partial charge in [0.05, 0.1) is 18.8 Å². The first-order valence-corrected chi connectivity index (χ1v) is 7.23. The van der Waals surface area contributed by atoms with Crippen molar-refractivity contribution in [2.45, 2.75) is 12.5 Å². The Labute approximate surface area is 133 Å². The summed E-state index contributed by atoms with van der Waals surface area (Å²) in [6.07, 6.45) is 0. The number of aliphatic hydroxyl groups excluding tert-OH is 2. The molecule has 1 heterocycles. The van der Waals surface area contributed by atoms with Crippen LogP contribution >= 0.6 is 0 Å². The normalized spacial score (nSPS) is 15.2. The summed E-state index contributed by atoms with van der Waals surface area (Å²) < 4.78 is 12.9. The van der Waals surface area contributed by atoms with E-state index in [0.717, 1.165) is 0 Å². The SMILES string of the molecule is CC(CO)(CO)NC(=O)CN1CCN(c2ccc(F)cc2)C1=O. The van der Waals surface area contributed by atoms with E-state index in [1.165, 1.54) is 41.0 Å². The van der Waals surface area contributed by atoms with Gasteiger partial charge in [-0.25, -0.2) is 9.18 Å². The van der Waals surface area contributed by atoms with Gasteiger partial charge in [-0.15, -0.1) is 0 Å². The standard InChI is InChI=1S/C15H20FN3O4/c1-15(9-20,10-21)17-13(22)8-18-6-7-19(14(18)23)12-4-2-11(16)3-5-12/h2-5,20-21H,6-10H2,1H3,(H,17,22). The van der Waals surface area contributed by atoms with E-state index in [1.807, 2.05) is 0 Å². The summed E-state index contributed by atoms with van der Waals surface area (Å²) in [7, 11) is 0. The number of amides is 3. The molecule has 7 nitrogen and oxygen atoms in total. The van der Waals surface area contributed by atoms with Crippen LogP contribution in [0.3, 0.4) is 0 Å². The number of rotatable bonds is 6. The summed E-state index contributed by atoms with van der Waals surface area (Å²) in [5.74, 6) is -0.853. The summed E-state index contributed by atoms with van der Waals surface area (Å²) in [5, 5.41) is 20.8. The van der Waals surface area contributed by atoms with Crippen LogP contribution in [0.2, 0.25) is 0 Å². The van der Waals surface area contributed by atoms with Crippen molar-refractivity contribution >= 4 is 17.6 Å². The van der Waals surface area contributed by atoms with E-state index >= 15 is 0 Å². The van der Waals surface area contributed by atoms with Gasteiger partial charge >= 0.3 is 6.03 Å². The molecular weight excluding hydrogens is 305 g/mol. The minimum atomic E-state index is -1.13. The Balaban J connectivity index is 1.97. The molecule has 126 valence electrons. The van der Waals surface area contributed by atoms with Crippen LogP contribution in [0.4, 0.5) is 14.9 Å². The topological polar surface area (TPSA) is 93.1 Å². The van der Waals surface area contributed by atoms with Crippen molar-refractivity contribution in [1.29, 1.82) is 0 Å². The molecule has 0 aromatic heterocycles. The van der Waals surface area contributed by atoms with Crippen LogP contribution in [0.5, 0.6) is 0 Å². The molecule has 0 unspecified atom stereocenters. The molecule has 1 aliphatic heterocycles. The first-order valence-electron chi connectivity index (χ1n) is 7.23. The molecule has 0 aliphatic carbocycles. The predicted molar refractivity (Wildman–Crippen MR) is 81.4 cm³/mol. The van der Waals surface area contributed by atoms with Crippen molar-refractivity contribution < 1.29 is 24.2 Å². The maximum absolute atomic E-state index is 12.9. The fourth-order valence-electron chi connectivity index (χ4n) is 2.27. The second-order valence-corrected chi connectivity index (χ2v) is 5.76. The van der Waals surface area contributed by atoms with E-state index in [2.05, 4.69) is 5.32 Å². The van der Waals surface area contributed by atoms with Gasteiger partial charge in [0, 0.05) is 18.8 Å². The van der Waals surface area contributed by atoms with Crippen LogP contribution in [-0.2, 0) is 4.79 Å². The van der Waals surface area contributed by atoms with Gasteiger partial charge in [0.1, 0.15) is 12.4 Å². The van der Waals surface area contributed by atoms with Crippen LogP contribution in [0, 0.1) is 5.82 Å². The maximum atomic E-state index is 12.9. The van der Waals surface area contributed by atoms with E-state index in [1.54, 1.807) is 0 Å². The third kappa shape index (κ3) is 3.96. The van der Waals surface area contributed by atoms with Gasteiger partial charge < -0.3 is 20.4 Å². The fourth-order valence-corrected chi connectivity index (χ4v) is 2.27. The Kier molecular flexibility index (Phi) is 5.17. The predicted octanol–water partition coefficient (Wildman–Crippen LogP) is -0.0728. The summed E-state index contributed by atoms with van der Waals surface area (Å²) in [6, 6.07) is 5.20. The third-order valence-corrected chi connectivity index (χ3v) is 3.71. The van der Waals surface area contributed by atoms with Crippen LogP contribution in [0.25, 0.3) is 0 Å².